The summed E-state index contributed by atoms with van der Waals surface area (Å²) in [5.41, 5.74) is 2.79. The van der Waals surface area contributed by atoms with Gasteiger partial charge in [0.2, 0.25) is 11.7 Å². The van der Waals surface area contributed by atoms with Crippen LogP contribution in [0.1, 0.15) is 11.4 Å². The molecule has 0 amide bonds. The van der Waals surface area contributed by atoms with Crippen LogP contribution in [0, 0.1) is 6.92 Å². The van der Waals surface area contributed by atoms with Gasteiger partial charge in [-0.25, -0.2) is 10.8 Å². The Morgan fingerprint density at radius 3 is 2.52 bits per heavy atom. The van der Waals surface area contributed by atoms with E-state index in [1.165, 1.54) is 6.07 Å². The fraction of sp³-hybridized carbons (Fsp3) is 0.167. The Kier molecular flexibility index (Phi) is 4.33. The van der Waals surface area contributed by atoms with E-state index in [1.807, 2.05) is 0 Å². The highest BCUT2D eigenvalue weighted by Gasteiger charge is 2.35. The molecule has 0 aliphatic rings. The van der Waals surface area contributed by atoms with Gasteiger partial charge < -0.3 is 10.2 Å². The number of halogens is 4. The van der Waals surface area contributed by atoms with E-state index in [-0.39, 0.29) is 11.7 Å². The maximum Gasteiger partial charge on any atom is 0.451 e. The van der Waals surface area contributed by atoms with Crippen LogP contribution in [-0.4, -0.2) is 9.97 Å². The lowest BCUT2D eigenvalue weighted by atomic mass is 10.2. The number of rotatable bonds is 3. The Morgan fingerprint density at radius 1 is 1.24 bits per heavy atom. The Labute approximate surface area is 126 Å². The molecule has 112 valence electrons. The molecule has 3 N–H and O–H groups in total. The minimum Gasteiger partial charge on any atom is -0.439 e. The first-order valence-electron chi connectivity index (χ1n) is 5.66. The molecule has 5 nitrogen and oxygen atoms in total. The number of hydrogen-bond donors (Lipinski definition) is 2. The second-order valence-corrected chi connectivity index (χ2v) is 4.98. The average Bonchev–Trinajstić information content (AvgIpc) is 2.40. The van der Waals surface area contributed by atoms with Crippen molar-refractivity contribution in [3.63, 3.8) is 0 Å². The molecule has 0 spiro atoms. The van der Waals surface area contributed by atoms with E-state index < -0.39 is 12.0 Å². The van der Waals surface area contributed by atoms with Crippen molar-refractivity contribution in [1.29, 1.82) is 0 Å². The molecule has 9 heteroatoms. The van der Waals surface area contributed by atoms with Crippen molar-refractivity contribution < 1.29 is 17.9 Å². The summed E-state index contributed by atoms with van der Waals surface area (Å²) in [7, 11) is 0. The summed E-state index contributed by atoms with van der Waals surface area (Å²) in [5.74, 6) is 3.71. The molecule has 0 bridgehead atoms. The molecule has 1 aromatic heterocycles. The minimum absolute atomic E-state index is 0.193. The van der Waals surface area contributed by atoms with Crippen molar-refractivity contribution in [1.82, 2.24) is 9.97 Å². The third-order valence-corrected chi connectivity index (χ3v) is 2.95. The molecular weight excluding hydrogens is 353 g/mol. The summed E-state index contributed by atoms with van der Waals surface area (Å²) < 4.78 is 44.3. The standard InChI is InChI=1S/C12H10BrF3N4O/c1-6-4-7(13)2-3-8(6)21-10-5-9(20-17)18-11(19-10)12(14,15)16/h2-5H,17H2,1H3,(H,18,19,20). The highest BCUT2D eigenvalue weighted by molar-refractivity contribution is 9.10. The lowest BCUT2D eigenvalue weighted by Crippen LogP contribution is -2.16. The van der Waals surface area contributed by atoms with Crippen molar-refractivity contribution in [3.05, 3.63) is 40.1 Å². The van der Waals surface area contributed by atoms with E-state index in [0.29, 0.717) is 5.75 Å². The number of hydrogen-bond acceptors (Lipinski definition) is 5. The van der Waals surface area contributed by atoms with Gasteiger partial charge in [-0.15, -0.1) is 0 Å². The molecule has 1 aromatic carbocycles. The number of nitrogens with zero attached hydrogens (tertiary/aromatic N) is 2. The third-order valence-electron chi connectivity index (χ3n) is 2.46. The molecule has 0 aliphatic carbocycles. The number of hydrazine groups is 1. The topological polar surface area (TPSA) is 73.1 Å². The normalized spacial score (nSPS) is 11.3. The number of aromatic nitrogens is 2. The predicted molar refractivity (Wildman–Crippen MR) is 73.8 cm³/mol. The molecular formula is C12H10BrF3N4O. The summed E-state index contributed by atoms with van der Waals surface area (Å²) in [6.45, 7) is 1.76. The van der Waals surface area contributed by atoms with E-state index in [4.69, 9.17) is 10.6 Å². The van der Waals surface area contributed by atoms with Gasteiger partial charge in [-0.1, -0.05) is 15.9 Å². The van der Waals surface area contributed by atoms with Crippen molar-refractivity contribution in [2.24, 2.45) is 5.84 Å². The van der Waals surface area contributed by atoms with E-state index >= 15 is 0 Å². The molecule has 21 heavy (non-hydrogen) atoms. The predicted octanol–water partition coefficient (Wildman–Crippen LogP) is 3.64. The minimum atomic E-state index is -4.69. The first-order chi connectivity index (χ1) is 9.79. The number of ether oxygens (including phenoxy) is 1. The van der Waals surface area contributed by atoms with Crippen molar-refractivity contribution in [2.75, 3.05) is 5.43 Å². The second-order valence-electron chi connectivity index (χ2n) is 4.07. The smallest absolute Gasteiger partial charge is 0.439 e. The molecule has 0 aliphatic heterocycles. The van der Waals surface area contributed by atoms with Gasteiger partial charge in [-0.05, 0) is 30.7 Å². The fourth-order valence-corrected chi connectivity index (χ4v) is 1.99. The number of aryl methyl sites for hydroxylation is 1. The lowest BCUT2D eigenvalue weighted by Gasteiger charge is -2.12. The van der Waals surface area contributed by atoms with Crippen LogP contribution in [0.4, 0.5) is 19.0 Å². The monoisotopic (exact) mass is 362 g/mol. The molecule has 0 fully saturated rings. The number of nitrogens with two attached hydrogens (primary N) is 1. The van der Waals surface area contributed by atoms with Gasteiger partial charge in [0.1, 0.15) is 11.6 Å². The van der Waals surface area contributed by atoms with Crippen LogP contribution in [0.25, 0.3) is 0 Å². The van der Waals surface area contributed by atoms with E-state index in [0.717, 1.165) is 10.0 Å². The zero-order valence-corrected chi connectivity index (χ0v) is 12.3. The molecule has 2 rings (SSSR count). The first kappa shape index (κ1) is 15.5. The fourth-order valence-electron chi connectivity index (χ4n) is 1.52. The van der Waals surface area contributed by atoms with Crippen LogP contribution >= 0.6 is 15.9 Å². The molecule has 0 atom stereocenters. The van der Waals surface area contributed by atoms with Gasteiger partial charge >= 0.3 is 6.18 Å². The Morgan fingerprint density at radius 2 is 1.95 bits per heavy atom. The van der Waals surface area contributed by atoms with Gasteiger partial charge in [0, 0.05) is 10.5 Å². The highest BCUT2D eigenvalue weighted by Crippen LogP contribution is 2.31. The second kappa shape index (κ2) is 5.86. The van der Waals surface area contributed by atoms with Crippen LogP contribution in [0.5, 0.6) is 11.6 Å². The van der Waals surface area contributed by atoms with E-state index in [9.17, 15) is 13.2 Å². The Balaban J connectivity index is 2.39. The van der Waals surface area contributed by atoms with Crippen LogP contribution in [0.3, 0.4) is 0 Å². The number of nitrogens with one attached hydrogen (secondary N) is 1. The number of benzene rings is 1. The van der Waals surface area contributed by atoms with Gasteiger partial charge in [-0.3, -0.25) is 0 Å². The molecule has 0 unspecified atom stereocenters. The Bertz CT molecular complexity index is 663. The van der Waals surface area contributed by atoms with E-state index in [1.54, 1.807) is 25.1 Å². The molecule has 2 aromatic rings. The van der Waals surface area contributed by atoms with Crippen LogP contribution in [-0.2, 0) is 6.18 Å². The van der Waals surface area contributed by atoms with Crippen LogP contribution in [0.2, 0.25) is 0 Å². The summed E-state index contributed by atoms with van der Waals surface area (Å²) >= 11 is 3.29. The highest BCUT2D eigenvalue weighted by atomic mass is 79.9. The summed E-state index contributed by atoms with van der Waals surface area (Å²) in [4.78, 5) is 6.59. The van der Waals surface area contributed by atoms with Gasteiger partial charge in [0.15, 0.2) is 0 Å². The Hall–Kier alpha value is -1.87. The maximum absolute atomic E-state index is 12.7. The zero-order valence-electron chi connectivity index (χ0n) is 10.7. The van der Waals surface area contributed by atoms with Gasteiger partial charge in [0.25, 0.3) is 0 Å². The quantitative estimate of drug-likeness (QED) is 0.644. The first-order valence-corrected chi connectivity index (χ1v) is 6.46. The van der Waals surface area contributed by atoms with E-state index in [2.05, 4.69) is 31.3 Å². The number of alkyl halides is 3. The lowest BCUT2D eigenvalue weighted by molar-refractivity contribution is -0.145. The summed E-state index contributed by atoms with van der Waals surface area (Å²) in [6.07, 6.45) is -4.69. The summed E-state index contributed by atoms with van der Waals surface area (Å²) in [5, 5.41) is 0. The number of nitrogen functional groups attached to an aromatic ring is 1. The summed E-state index contributed by atoms with van der Waals surface area (Å²) in [6, 6.07) is 6.26. The maximum atomic E-state index is 12.7. The molecule has 1 heterocycles. The van der Waals surface area contributed by atoms with Crippen LogP contribution < -0.4 is 16.0 Å². The van der Waals surface area contributed by atoms with Gasteiger partial charge in [-0.2, -0.15) is 18.2 Å². The van der Waals surface area contributed by atoms with Crippen molar-refractivity contribution in [2.45, 2.75) is 13.1 Å². The molecule has 0 saturated heterocycles. The largest absolute Gasteiger partial charge is 0.451 e. The van der Waals surface area contributed by atoms with Crippen LogP contribution in [0.15, 0.2) is 28.7 Å². The number of anilines is 1. The third kappa shape index (κ3) is 3.82. The van der Waals surface area contributed by atoms with Crippen molar-refractivity contribution >= 4 is 21.7 Å². The average molecular weight is 363 g/mol. The molecule has 0 saturated carbocycles. The van der Waals surface area contributed by atoms with Crippen molar-refractivity contribution in [3.8, 4) is 11.6 Å². The SMILES string of the molecule is Cc1cc(Br)ccc1Oc1cc(NN)nc(C(F)(F)F)n1. The van der Waals surface area contributed by atoms with Gasteiger partial charge in [0.05, 0.1) is 0 Å². The zero-order chi connectivity index (χ0) is 15.6. The molecule has 0 radical (unpaired) electrons.